The molecule has 0 unspecified atom stereocenters. The molecule has 0 amide bonds. The number of anilines is 1. The Bertz CT molecular complexity index is 436. The van der Waals surface area contributed by atoms with Crippen LogP contribution in [-0.2, 0) is 0 Å². The van der Waals surface area contributed by atoms with E-state index in [-0.39, 0.29) is 12.6 Å². The van der Waals surface area contributed by atoms with Crippen LogP contribution in [0.1, 0.15) is 12.6 Å². The van der Waals surface area contributed by atoms with Crippen molar-refractivity contribution in [2.75, 3.05) is 37.7 Å². The van der Waals surface area contributed by atoms with Crippen molar-refractivity contribution >= 4 is 5.82 Å². The molecule has 0 bridgehead atoms. The normalized spacial score (nSPS) is 18.4. The molecule has 6 nitrogen and oxygen atoms in total. The largest absolute Gasteiger partial charge is 0.395 e. The Morgan fingerprint density at radius 1 is 1.33 bits per heavy atom. The summed E-state index contributed by atoms with van der Waals surface area (Å²) >= 11 is 0. The molecule has 1 aliphatic rings. The molecule has 0 aliphatic carbocycles. The number of nitriles is 1. The zero-order valence-corrected chi connectivity index (χ0v) is 10.5. The maximum Gasteiger partial charge on any atom is 0.183 e. The molecule has 1 fully saturated rings. The van der Waals surface area contributed by atoms with Crippen LogP contribution in [0.5, 0.6) is 0 Å². The summed E-state index contributed by atoms with van der Waals surface area (Å²) in [6.07, 6.45) is 3.14. The average Bonchev–Trinajstić information content (AvgIpc) is 2.46. The summed E-state index contributed by atoms with van der Waals surface area (Å²) in [7, 11) is 0. The number of rotatable bonds is 3. The lowest BCUT2D eigenvalue weighted by molar-refractivity contribution is 0.128. The number of aromatic nitrogens is 2. The van der Waals surface area contributed by atoms with E-state index in [0.29, 0.717) is 11.5 Å². The number of aliphatic hydroxyl groups is 1. The Kier molecular flexibility index (Phi) is 4.07. The van der Waals surface area contributed by atoms with Gasteiger partial charge < -0.3 is 10.0 Å². The highest BCUT2D eigenvalue weighted by molar-refractivity contribution is 5.49. The fourth-order valence-electron chi connectivity index (χ4n) is 2.13. The lowest BCUT2D eigenvalue weighted by Gasteiger charge is -2.38. The van der Waals surface area contributed by atoms with Crippen molar-refractivity contribution in [1.82, 2.24) is 14.9 Å². The van der Waals surface area contributed by atoms with E-state index in [1.54, 1.807) is 6.20 Å². The zero-order chi connectivity index (χ0) is 13.0. The minimum absolute atomic E-state index is 0.175. The van der Waals surface area contributed by atoms with E-state index >= 15 is 0 Å². The second-order valence-electron chi connectivity index (χ2n) is 4.39. The molecule has 2 rings (SSSR count). The summed E-state index contributed by atoms with van der Waals surface area (Å²) in [5, 5.41) is 18.1. The molecule has 0 aromatic carbocycles. The fraction of sp³-hybridized carbons (Fsp3) is 0.583. The van der Waals surface area contributed by atoms with Gasteiger partial charge in [-0.25, -0.2) is 9.97 Å². The SMILES string of the molecule is C[C@H](CO)N1CCN(c2nccnc2C#N)CC1. The lowest BCUT2D eigenvalue weighted by atomic mass is 10.2. The summed E-state index contributed by atoms with van der Waals surface area (Å²) in [6, 6.07) is 2.25. The van der Waals surface area contributed by atoms with Gasteiger partial charge in [-0.05, 0) is 6.92 Å². The van der Waals surface area contributed by atoms with Gasteiger partial charge in [0.1, 0.15) is 6.07 Å². The van der Waals surface area contributed by atoms with Gasteiger partial charge in [0.25, 0.3) is 0 Å². The van der Waals surface area contributed by atoms with E-state index in [9.17, 15) is 0 Å². The highest BCUT2D eigenvalue weighted by atomic mass is 16.3. The van der Waals surface area contributed by atoms with Gasteiger partial charge in [-0.1, -0.05) is 0 Å². The van der Waals surface area contributed by atoms with Gasteiger partial charge in [-0.2, -0.15) is 5.26 Å². The van der Waals surface area contributed by atoms with Crippen LogP contribution in [0, 0.1) is 11.3 Å². The Hall–Kier alpha value is -1.71. The summed E-state index contributed by atoms with van der Waals surface area (Å²) in [5.74, 6) is 0.663. The van der Waals surface area contributed by atoms with E-state index < -0.39 is 0 Å². The third-order valence-corrected chi connectivity index (χ3v) is 3.29. The number of hydrogen-bond acceptors (Lipinski definition) is 6. The van der Waals surface area contributed by atoms with Crippen molar-refractivity contribution in [2.24, 2.45) is 0 Å². The van der Waals surface area contributed by atoms with Crippen molar-refractivity contribution in [1.29, 1.82) is 5.26 Å². The molecule has 1 aliphatic heterocycles. The van der Waals surface area contributed by atoms with E-state index in [2.05, 4.69) is 25.8 Å². The Balaban J connectivity index is 2.04. The average molecular weight is 247 g/mol. The Morgan fingerprint density at radius 2 is 2.00 bits per heavy atom. The van der Waals surface area contributed by atoms with Crippen LogP contribution in [-0.4, -0.2) is 58.8 Å². The maximum absolute atomic E-state index is 9.13. The van der Waals surface area contributed by atoms with Crippen LogP contribution in [0.3, 0.4) is 0 Å². The minimum Gasteiger partial charge on any atom is -0.395 e. The quantitative estimate of drug-likeness (QED) is 0.800. The van der Waals surface area contributed by atoms with Crippen molar-refractivity contribution in [2.45, 2.75) is 13.0 Å². The molecule has 18 heavy (non-hydrogen) atoms. The van der Waals surface area contributed by atoms with E-state index in [4.69, 9.17) is 10.4 Å². The predicted octanol–water partition coefficient (Wildman–Crippen LogP) is -0.149. The molecule has 1 N–H and O–H groups in total. The van der Waals surface area contributed by atoms with Crippen LogP contribution in [0.25, 0.3) is 0 Å². The molecular weight excluding hydrogens is 230 g/mol. The van der Waals surface area contributed by atoms with E-state index in [0.717, 1.165) is 26.2 Å². The molecule has 1 aromatic rings. The van der Waals surface area contributed by atoms with Gasteiger partial charge in [0.2, 0.25) is 0 Å². The third-order valence-electron chi connectivity index (χ3n) is 3.29. The second kappa shape index (κ2) is 5.76. The highest BCUT2D eigenvalue weighted by Gasteiger charge is 2.23. The van der Waals surface area contributed by atoms with E-state index in [1.165, 1.54) is 6.20 Å². The van der Waals surface area contributed by atoms with E-state index in [1.807, 2.05) is 6.92 Å². The van der Waals surface area contributed by atoms with Crippen molar-refractivity contribution in [3.05, 3.63) is 18.1 Å². The van der Waals surface area contributed by atoms with Crippen LogP contribution in [0.2, 0.25) is 0 Å². The molecule has 0 saturated carbocycles. The number of hydrogen-bond donors (Lipinski definition) is 1. The smallest absolute Gasteiger partial charge is 0.183 e. The summed E-state index contributed by atoms with van der Waals surface area (Å²) < 4.78 is 0. The van der Waals surface area contributed by atoms with Crippen molar-refractivity contribution in [3.8, 4) is 6.07 Å². The number of aliphatic hydroxyl groups excluding tert-OH is 1. The van der Waals surface area contributed by atoms with Crippen LogP contribution < -0.4 is 4.90 Å². The summed E-state index contributed by atoms with van der Waals surface area (Å²) in [6.45, 7) is 5.52. The molecule has 1 aromatic heterocycles. The van der Waals surface area contributed by atoms with Gasteiger partial charge in [0.05, 0.1) is 6.61 Å². The maximum atomic E-state index is 9.13. The zero-order valence-electron chi connectivity index (χ0n) is 10.5. The first-order chi connectivity index (χ1) is 8.76. The highest BCUT2D eigenvalue weighted by Crippen LogP contribution is 2.16. The monoisotopic (exact) mass is 247 g/mol. The predicted molar refractivity (Wildman–Crippen MR) is 67.1 cm³/mol. The standard InChI is InChI=1S/C12H17N5O/c1-10(9-18)16-4-6-17(7-5-16)12-11(8-13)14-2-3-15-12/h2-3,10,18H,4-7,9H2,1H3/t10-/m1/s1. The number of piperazine rings is 1. The molecular formula is C12H17N5O. The molecule has 0 spiro atoms. The van der Waals surface area contributed by atoms with Crippen LogP contribution in [0.4, 0.5) is 5.82 Å². The first-order valence-electron chi connectivity index (χ1n) is 6.07. The minimum atomic E-state index is 0.175. The molecule has 1 atom stereocenters. The van der Waals surface area contributed by atoms with Crippen LogP contribution >= 0.6 is 0 Å². The van der Waals surface area contributed by atoms with Gasteiger partial charge in [0, 0.05) is 44.6 Å². The third kappa shape index (κ3) is 2.58. The first kappa shape index (κ1) is 12.7. The fourth-order valence-corrected chi connectivity index (χ4v) is 2.13. The molecule has 1 saturated heterocycles. The Labute approximate surface area is 106 Å². The van der Waals surface area contributed by atoms with Crippen molar-refractivity contribution in [3.63, 3.8) is 0 Å². The molecule has 0 radical (unpaired) electrons. The van der Waals surface area contributed by atoms with Crippen molar-refractivity contribution < 1.29 is 5.11 Å². The van der Waals surface area contributed by atoms with Gasteiger partial charge in [-0.15, -0.1) is 0 Å². The molecule has 96 valence electrons. The summed E-state index contributed by atoms with van der Waals surface area (Å²) in [5.41, 5.74) is 0.376. The lowest BCUT2D eigenvalue weighted by Crippen LogP contribution is -2.51. The summed E-state index contributed by atoms with van der Waals surface area (Å²) in [4.78, 5) is 12.6. The van der Waals surface area contributed by atoms with Gasteiger partial charge in [0.15, 0.2) is 11.5 Å². The number of nitrogens with zero attached hydrogens (tertiary/aromatic N) is 5. The topological polar surface area (TPSA) is 76.3 Å². The van der Waals surface area contributed by atoms with Gasteiger partial charge >= 0.3 is 0 Å². The van der Waals surface area contributed by atoms with Gasteiger partial charge in [-0.3, -0.25) is 4.90 Å². The second-order valence-corrected chi connectivity index (χ2v) is 4.39. The Morgan fingerprint density at radius 3 is 2.61 bits per heavy atom. The molecule has 2 heterocycles. The van der Waals surface area contributed by atoms with Crippen LogP contribution in [0.15, 0.2) is 12.4 Å². The first-order valence-corrected chi connectivity index (χ1v) is 6.07. The molecule has 6 heteroatoms.